The summed E-state index contributed by atoms with van der Waals surface area (Å²) in [6.45, 7) is 0. The van der Waals surface area contributed by atoms with Gasteiger partial charge in [0.1, 0.15) is 11.3 Å². The smallest absolute Gasteiger partial charge is 0.134 e. The van der Waals surface area contributed by atoms with Crippen molar-refractivity contribution in [1.82, 2.24) is 0 Å². The molecule has 20 heavy (non-hydrogen) atoms. The molecular formula is C15H10BrCl2NO. The van der Waals surface area contributed by atoms with Gasteiger partial charge in [0.2, 0.25) is 0 Å². The highest BCUT2D eigenvalue weighted by Gasteiger charge is 2.17. The number of hydrogen-bond acceptors (Lipinski definition) is 2. The second-order valence-corrected chi connectivity index (χ2v) is 6.23. The fraction of sp³-hybridized carbons (Fsp3) is 0.0667. The first-order valence-electron chi connectivity index (χ1n) is 5.94. The molecule has 0 aliphatic heterocycles. The van der Waals surface area contributed by atoms with Gasteiger partial charge in [-0.25, -0.2) is 0 Å². The van der Waals surface area contributed by atoms with Crippen molar-refractivity contribution in [2.45, 2.75) is 6.04 Å². The Balaban J connectivity index is 2.07. The molecule has 102 valence electrons. The lowest BCUT2D eigenvalue weighted by Gasteiger charge is -2.11. The maximum Gasteiger partial charge on any atom is 0.134 e. The number of hydrogen-bond donors (Lipinski definition) is 1. The van der Waals surface area contributed by atoms with Gasteiger partial charge in [-0.3, -0.25) is 0 Å². The first-order chi connectivity index (χ1) is 9.54. The van der Waals surface area contributed by atoms with E-state index in [1.807, 2.05) is 30.3 Å². The summed E-state index contributed by atoms with van der Waals surface area (Å²) in [7, 11) is 0. The number of fused-ring (bicyclic) bond motifs is 1. The number of benzene rings is 2. The molecule has 3 rings (SSSR count). The quantitative estimate of drug-likeness (QED) is 0.642. The zero-order valence-corrected chi connectivity index (χ0v) is 13.3. The van der Waals surface area contributed by atoms with Gasteiger partial charge in [0.15, 0.2) is 0 Å². The monoisotopic (exact) mass is 369 g/mol. The first kappa shape index (κ1) is 14.0. The standard InChI is InChI=1S/C15H10BrCl2NO/c16-9-1-3-12(18)11(7-9)15(19)14-6-8-5-10(17)2-4-13(8)20-14/h1-7,15H,19H2. The number of furan rings is 1. The minimum atomic E-state index is -0.425. The van der Waals surface area contributed by atoms with Crippen LogP contribution in [0.25, 0.3) is 11.0 Å². The molecule has 3 aromatic rings. The van der Waals surface area contributed by atoms with Crippen LogP contribution in [0.3, 0.4) is 0 Å². The molecule has 0 fully saturated rings. The highest BCUT2D eigenvalue weighted by molar-refractivity contribution is 9.10. The fourth-order valence-electron chi connectivity index (χ4n) is 2.09. The SMILES string of the molecule is NC(c1cc2cc(Cl)ccc2o1)c1cc(Br)ccc1Cl. The van der Waals surface area contributed by atoms with Crippen molar-refractivity contribution >= 4 is 50.1 Å². The Morgan fingerprint density at radius 1 is 1.05 bits per heavy atom. The summed E-state index contributed by atoms with van der Waals surface area (Å²) in [5.41, 5.74) is 7.82. The van der Waals surface area contributed by atoms with Gasteiger partial charge in [0.25, 0.3) is 0 Å². The Hall–Kier alpha value is -1.000. The zero-order valence-electron chi connectivity index (χ0n) is 10.2. The molecule has 1 heterocycles. The average molecular weight is 371 g/mol. The molecule has 2 N–H and O–H groups in total. The lowest BCUT2D eigenvalue weighted by molar-refractivity contribution is 0.525. The first-order valence-corrected chi connectivity index (χ1v) is 7.49. The number of rotatable bonds is 2. The van der Waals surface area contributed by atoms with E-state index in [4.69, 9.17) is 33.4 Å². The van der Waals surface area contributed by atoms with Crippen molar-refractivity contribution in [3.8, 4) is 0 Å². The number of halogens is 3. The predicted octanol–water partition coefficient (Wildman–Crippen LogP) is 5.55. The van der Waals surface area contributed by atoms with Gasteiger partial charge in [-0.05, 0) is 48.0 Å². The van der Waals surface area contributed by atoms with Crippen LogP contribution in [0.15, 0.2) is 51.4 Å². The molecule has 1 aromatic heterocycles. The largest absolute Gasteiger partial charge is 0.459 e. The zero-order chi connectivity index (χ0) is 14.3. The molecule has 2 aromatic carbocycles. The number of nitrogens with two attached hydrogens (primary N) is 1. The van der Waals surface area contributed by atoms with E-state index in [-0.39, 0.29) is 0 Å². The second kappa shape index (κ2) is 5.41. The van der Waals surface area contributed by atoms with Crippen molar-refractivity contribution in [1.29, 1.82) is 0 Å². The summed E-state index contributed by atoms with van der Waals surface area (Å²) in [6, 6.07) is 12.5. The summed E-state index contributed by atoms with van der Waals surface area (Å²) in [5.74, 6) is 0.655. The molecule has 0 bridgehead atoms. The van der Waals surface area contributed by atoms with E-state index in [1.54, 1.807) is 12.1 Å². The third-order valence-electron chi connectivity index (χ3n) is 3.10. The molecule has 0 spiro atoms. The topological polar surface area (TPSA) is 39.2 Å². The van der Waals surface area contributed by atoms with E-state index in [0.717, 1.165) is 21.0 Å². The summed E-state index contributed by atoms with van der Waals surface area (Å²) < 4.78 is 6.70. The third-order valence-corrected chi connectivity index (χ3v) is 4.17. The van der Waals surface area contributed by atoms with Crippen molar-refractivity contribution < 1.29 is 4.42 Å². The molecule has 0 saturated heterocycles. The average Bonchev–Trinajstić information content (AvgIpc) is 2.83. The molecule has 1 atom stereocenters. The third kappa shape index (κ3) is 2.59. The highest BCUT2D eigenvalue weighted by atomic mass is 79.9. The molecule has 0 saturated carbocycles. The van der Waals surface area contributed by atoms with Gasteiger partial charge in [-0.15, -0.1) is 0 Å². The lowest BCUT2D eigenvalue weighted by Crippen LogP contribution is -2.11. The lowest BCUT2D eigenvalue weighted by atomic mass is 10.1. The van der Waals surface area contributed by atoms with E-state index in [9.17, 15) is 0 Å². The van der Waals surface area contributed by atoms with Gasteiger partial charge in [-0.2, -0.15) is 0 Å². The molecule has 2 nitrogen and oxygen atoms in total. The van der Waals surface area contributed by atoms with E-state index in [1.165, 1.54) is 0 Å². The van der Waals surface area contributed by atoms with Crippen LogP contribution in [0.2, 0.25) is 10.0 Å². The molecule has 1 unspecified atom stereocenters. The van der Waals surface area contributed by atoms with Crippen LogP contribution < -0.4 is 5.73 Å². The van der Waals surface area contributed by atoms with E-state index in [0.29, 0.717) is 15.8 Å². The summed E-state index contributed by atoms with van der Waals surface area (Å²) in [6.07, 6.45) is 0. The van der Waals surface area contributed by atoms with Gasteiger partial charge in [-0.1, -0.05) is 39.1 Å². The molecule has 0 amide bonds. The van der Waals surface area contributed by atoms with Crippen molar-refractivity contribution in [3.05, 3.63) is 68.3 Å². The minimum Gasteiger partial charge on any atom is -0.459 e. The van der Waals surface area contributed by atoms with E-state index in [2.05, 4.69) is 15.9 Å². The maximum absolute atomic E-state index is 6.26. The Labute approximate surface area is 134 Å². The Bertz CT molecular complexity index is 785. The normalized spacial score (nSPS) is 12.8. The Morgan fingerprint density at radius 3 is 2.65 bits per heavy atom. The summed E-state index contributed by atoms with van der Waals surface area (Å²) >= 11 is 15.6. The van der Waals surface area contributed by atoms with Crippen LogP contribution in [-0.4, -0.2) is 0 Å². The molecule has 5 heteroatoms. The van der Waals surface area contributed by atoms with Crippen LogP contribution in [0, 0.1) is 0 Å². The van der Waals surface area contributed by atoms with Crippen LogP contribution in [0.1, 0.15) is 17.4 Å². The van der Waals surface area contributed by atoms with Gasteiger partial charge >= 0.3 is 0 Å². The van der Waals surface area contributed by atoms with E-state index < -0.39 is 6.04 Å². The van der Waals surface area contributed by atoms with Crippen LogP contribution in [-0.2, 0) is 0 Å². The van der Waals surface area contributed by atoms with Crippen LogP contribution in [0.4, 0.5) is 0 Å². The van der Waals surface area contributed by atoms with Crippen LogP contribution in [0.5, 0.6) is 0 Å². The van der Waals surface area contributed by atoms with Crippen molar-refractivity contribution in [3.63, 3.8) is 0 Å². The molecular weight excluding hydrogens is 361 g/mol. The summed E-state index contributed by atoms with van der Waals surface area (Å²) in [4.78, 5) is 0. The molecule has 0 aliphatic rings. The van der Waals surface area contributed by atoms with Crippen molar-refractivity contribution in [2.75, 3.05) is 0 Å². The van der Waals surface area contributed by atoms with Crippen molar-refractivity contribution in [2.24, 2.45) is 5.73 Å². The second-order valence-electron chi connectivity index (χ2n) is 4.47. The van der Waals surface area contributed by atoms with Gasteiger partial charge < -0.3 is 10.2 Å². The Morgan fingerprint density at radius 2 is 1.85 bits per heavy atom. The molecule has 0 aliphatic carbocycles. The highest BCUT2D eigenvalue weighted by Crippen LogP contribution is 2.32. The molecule has 0 radical (unpaired) electrons. The minimum absolute atomic E-state index is 0.425. The van der Waals surface area contributed by atoms with Gasteiger partial charge in [0, 0.05) is 19.9 Å². The maximum atomic E-state index is 6.26. The fourth-order valence-corrected chi connectivity index (χ4v) is 2.89. The van der Waals surface area contributed by atoms with Crippen LogP contribution >= 0.6 is 39.1 Å². The summed E-state index contributed by atoms with van der Waals surface area (Å²) in [5, 5.41) is 2.20. The predicted molar refractivity (Wildman–Crippen MR) is 86.4 cm³/mol. The van der Waals surface area contributed by atoms with Gasteiger partial charge in [0.05, 0.1) is 6.04 Å². The Kier molecular flexibility index (Phi) is 3.78. The van der Waals surface area contributed by atoms with E-state index >= 15 is 0 Å².